The van der Waals surface area contributed by atoms with Crippen molar-refractivity contribution in [1.82, 2.24) is 10.2 Å². The summed E-state index contributed by atoms with van der Waals surface area (Å²) in [5.41, 5.74) is 0.817. The first-order chi connectivity index (χ1) is 8.63. The predicted molar refractivity (Wildman–Crippen MR) is 64.1 cm³/mol. The van der Waals surface area contributed by atoms with Crippen molar-refractivity contribution in [2.45, 2.75) is 32.0 Å². The molecule has 5 heteroatoms. The molecular formula is C13H16F2N2O. The van der Waals surface area contributed by atoms with Gasteiger partial charge in [0.1, 0.15) is 6.04 Å². The van der Waals surface area contributed by atoms with Gasteiger partial charge in [-0.2, -0.15) is 0 Å². The molecule has 1 aliphatic rings. The smallest absolute Gasteiger partial charge is 0.255 e. The Morgan fingerprint density at radius 1 is 1.33 bits per heavy atom. The Morgan fingerprint density at radius 2 is 2.00 bits per heavy atom. The van der Waals surface area contributed by atoms with Gasteiger partial charge in [0, 0.05) is 0 Å². The third-order valence-electron chi connectivity index (χ3n) is 3.12. The molecule has 2 unspecified atom stereocenters. The quantitative estimate of drug-likeness (QED) is 0.893. The third kappa shape index (κ3) is 2.51. The van der Waals surface area contributed by atoms with E-state index in [0.717, 1.165) is 5.56 Å². The van der Waals surface area contributed by atoms with Crippen molar-refractivity contribution in [3.63, 3.8) is 0 Å². The fraction of sp³-hybridized carbons (Fsp3) is 0.462. The van der Waals surface area contributed by atoms with E-state index < -0.39 is 19.0 Å². The molecule has 0 aromatic heterocycles. The van der Waals surface area contributed by atoms with Crippen molar-refractivity contribution in [2.75, 3.05) is 6.54 Å². The van der Waals surface area contributed by atoms with Crippen LogP contribution in [0.25, 0.3) is 0 Å². The van der Waals surface area contributed by atoms with Crippen LogP contribution in [0, 0.1) is 0 Å². The van der Waals surface area contributed by atoms with Crippen LogP contribution in [0.4, 0.5) is 8.78 Å². The highest BCUT2D eigenvalue weighted by molar-refractivity contribution is 5.85. The minimum absolute atomic E-state index is 0.270. The minimum Gasteiger partial charge on any atom is -0.320 e. The van der Waals surface area contributed by atoms with Crippen LogP contribution < -0.4 is 5.32 Å². The Labute approximate surface area is 105 Å². The largest absolute Gasteiger partial charge is 0.320 e. The lowest BCUT2D eigenvalue weighted by Gasteiger charge is -2.22. The van der Waals surface area contributed by atoms with Crippen LogP contribution in [-0.4, -0.2) is 29.9 Å². The number of carbonyl (C=O) groups excluding carboxylic acids is 1. The molecule has 0 bridgehead atoms. The maximum Gasteiger partial charge on any atom is 0.255 e. The van der Waals surface area contributed by atoms with Crippen LogP contribution in [0.2, 0.25) is 0 Å². The molecule has 1 amide bonds. The van der Waals surface area contributed by atoms with Crippen LogP contribution in [0.15, 0.2) is 30.3 Å². The van der Waals surface area contributed by atoms with E-state index in [0.29, 0.717) is 6.42 Å². The van der Waals surface area contributed by atoms with Gasteiger partial charge in [-0.25, -0.2) is 8.78 Å². The second-order valence-corrected chi connectivity index (χ2v) is 4.32. The first kappa shape index (κ1) is 13.0. The summed E-state index contributed by atoms with van der Waals surface area (Å²) in [5.74, 6) is -0.270. The van der Waals surface area contributed by atoms with E-state index in [-0.39, 0.29) is 12.1 Å². The van der Waals surface area contributed by atoms with Gasteiger partial charge in [-0.15, -0.1) is 0 Å². The van der Waals surface area contributed by atoms with Crippen LogP contribution in [0.3, 0.4) is 0 Å². The van der Waals surface area contributed by atoms with Crippen LogP contribution in [-0.2, 0) is 4.79 Å². The van der Waals surface area contributed by atoms with Gasteiger partial charge < -0.3 is 4.90 Å². The van der Waals surface area contributed by atoms with Gasteiger partial charge in [0.15, 0.2) is 0 Å². The molecule has 1 saturated heterocycles. The van der Waals surface area contributed by atoms with Gasteiger partial charge in [-0.3, -0.25) is 10.1 Å². The monoisotopic (exact) mass is 254 g/mol. The molecule has 1 fully saturated rings. The highest BCUT2D eigenvalue weighted by Crippen LogP contribution is 2.25. The number of alkyl halides is 2. The topological polar surface area (TPSA) is 32.3 Å². The van der Waals surface area contributed by atoms with Crippen LogP contribution in [0.5, 0.6) is 0 Å². The summed E-state index contributed by atoms with van der Waals surface area (Å²) in [4.78, 5) is 13.4. The molecule has 1 heterocycles. The molecule has 18 heavy (non-hydrogen) atoms. The molecule has 98 valence electrons. The molecule has 1 N–H and O–H groups in total. The maximum atomic E-state index is 12.5. The molecule has 1 aromatic rings. The number of nitrogens with zero attached hydrogens (tertiary/aromatic N) is 1. The van der Waals surface area contributed by atoms with Crippen LogP contribution >= 0.6 is 0 Å². The molecule has 1 aliphatic heterocycles. The lowest BCUT2D eigenvalue weighted by Crippen LogP contribution is -2.39. The summed E-state index contributed by atoms with van der Waals surface area (Å²) in [6.45, 7) is 1.37. The summed E-state index contributed by atoms with van der Waals surface area (Å²) in [7, 11) is 0. The maximum absolute atomic E-state index is 12.5. The van der Waals surface area contributed by atoms with E-state index in [1.54, 1.807) is 0 Å². The first-order valence-corrected chi connectivity index (χ1v) is 6.03. The number of nitrogens with one attached hydrogen (secondary N) is 1. The average Bonchev–Trinajstić information content (AvgIpc) is 2.67. The Hall–Kier alpha value is -1.49. The molecule has 0 radical (unpaired) electrons. The second kappa shape index (κ2) is 5.44. The Bertz CT molecular complexity index is 411. The zero-order valence-corrected chi connectivity index (χ0v) is 10.1. The fourth-order valence-electron chi connectivity index (χ4n) is 2.26. The lowest BCUT2D eigenvalue weighted by atomic mass is 10.1. The fourth-order valence-corrected chi connectivity index (χ4v) is 2.26. The van der Waals surface area contributed by atoms with Crippen molar-refractivity contribution in [3.05, 3.63) is 35.9 Å². The predicted octanol–water partition coefficient (Wildman–Crippen LogP) is 2.16. The van der Waals surface area contributed by atoms with Gasteiger partial charge in [0.25, 0.3) is 6.43 Å². The van der Waals surface area contributed by atoms with Gasteiger partial charge in [-0.05, 0) is 12.0 Å². The number of hydrogen-bond donors (Lipinski definition) is 1. The molecule has 0 spiro atoms. The summed E-state index contributed by atoms with van der Waals surface area (Å²) >= 11 is 0. The molecule has 3 nitrogen and oxygen atoms in total. The number of amides is 1. The molecule has 0 saturated carbocycles. The molecule has 2 rings (SSSR count). The molecule has 0 aliphatic carbocycles. The minimum atomic E-state index is -2.50. The van der Waals surface area contributed by atoms with Gasteiger partial charge >= 0.3 is 0 Å². The highest BCUT2D eigenvalue weighted by Gasteiger charge is 2.39. The van der Waals surface area contributed by atoms with Crippen LogP contribution in [0.1, 0.15) is 24.9 Å². The first-order valence-electron chi connectivity index (χ1n) is 6.03. The van der Waals surface area contributed by atoms with E-state index in [1.807, 2.05) is 37.3 Å². The van der Waals surface area contributed by atoms with E-state index in [2.05, 4.69) is 5.32 Å². The molecule has 2 atom stereocenters. The van der Waals surface area contributed by atoms with Crippen molar-refractivity contribution in [1.29, 1.82) is 0 Å². The second-order valence-electron chi connectivity index (χ2n) is 4.32. The molecule has 1 aromatic carbocycles. The van der Waals surface area contributed by atoms with E-state index in [1.165, 1.54) is 4.90 Å². The van der Waals surface area contributed by atoms with Gasteiger partial charge in [0.05, 0.1) is 12.7 Å². The zero-order valence-electron chi connectivity index (χ0n) is 10.1. The number of benzene rings is 1. The van der Waals surface area contributed by atoms with Crippen molar-refractivity contribution < 1.29 is 13.6 Å². The summed E-state index contributed by atoms with van der Waals surface area (Å²) in [5, 5.41) is 3.11. The standard InChI is InChI=1S/C13H16F2N2O/c1-2-11-16-12(9-6-4-3-5-7-9)13(18)17(11)8-10(14)15/h3-7,10-12,16H,2,8H2,1H3. The summed E-state index contributed by atoms with van der Waals surface area (Å²) < 4.78 is 25.0. The third-order valence-corrected chi connectivity index (χ3v) is 3.12. The summed E-state index contributed by atoms with van der Waals surface area (Å²) in [6.07, 6.45) is -2.20. The highest BCUT2D eigenvalue weighted by atomic mass is 19.3. The van der Waals surface area contributed by atoms with Crippen molar-refractivity contribution in [3.8, 4) is 0 Å². The number of carbonyl (C=O) groups is 1. The SMILES string of the molecule is CCC1NC(c2ccccc2)C(=O)N1CC(F)F. The Kier molecular flexibility index (Phi) is 3.91. The van der Waals surface area contributed by atoms with Crippen molar-refractivity contribution >= 4 is 5.91 Å². The Balaban J connectivity index is 2.19. The number of halogens is 2. The lowest BCUT2D eigenvalue weighted by molar-refractivity contribution is -0.132. The summed E-state index contributed by atoms with van der Waals surface area (Å²) in [6, 6.07) is 8.68. The Morgan fingerprint density at radius 3 is 2.56 bits per heavy atom. The number of rotatable bonds is 4. The van der Waals surface area contributed by atoms with Gasteiger partial charge in [0.2, 0.25) is 5.91 Å². The van der Waals surface area contributed by atoms with E-state index in [4.69, 9.17) is 0 Å². The van der Waals surface area contributed by atoms with E-state index in [9.17, 15) is 13.6 Å². The zero-order chi connectivity index (χ0) is 13.1. The van der Waals surface area contributed by atoms with Crippen molar-refractivity contribution in [2.24, 2.45) is 0 Å². The van der Waals surface area contributed by atoms with Gasteiger partial charge in [-0.1, -0.05) is 37.3 Å². The molecular weight excluding hydrogens is 238 g/mol. The number of hydrogen-bond acceptors (Lipinski definition) is 2. The average molecular weight is 254 g/mol. The normalized spacial score (nSPS) is 24.0. The van der Waals surface area contributed by atoms with E-state index >= 15 is 0 Å².